The third-order valence-corrected chi connectivity index (χ3v) is 7.18. The molecule has 0 aliphatic carbocycles. The van der Waals surface area contributed by atoms with Crippen LogP contribution >= 0.6 is 0 Å². The smallest absolute Gasteiger partial charge is 0.199 e. The van der Waals surface area contributed by atoms with Gasteiger partial charge < -0.3 is 8.83 Å². The van der Waals surface area contributed by atoms with Gasteiger partial charge in [0, 0.05) is 21.7 Å². The van der Waals surface area contributed by atoms with Crippen molar-refractivity contribution in [1.82, 2.24) is 15.0 Å². The second kappa shape index (κ2) is 9.03. The quantitative estimate of drug-likeness (QED) is 0.234. The Morgan fingerprint density at radius 1 is 0.425 bits per heavy atom. The van der Waals surface area contributed by atoms with Gasteiger partial charge in [-0.25, -0.2) is 15.0 Å². The minimum atomic E-state index is 0.465. The van der Waals surface area contributed by atoms with E-state index in [0.29, 0.717) is 23.2 Å². The Hall–Kier alpha value is -5.55. The van der Waals surface area contributed by atoms with Crippen LogP contribution in [0.4, 0.5) is 0 Å². The van der Waals surface area contributed by atoms with E-state index in [1.807, 2.05) is 97.1 Å². The Labute approximate surface area is 229 Å². The molecule has 8 rings (SSSR count). The normalized spacial score (nSPS) is 11.5. The molecule has 0 aliphatic rings. The fourth-order valence-corrected chi connectivity index (χ4v) is 5.29. The van der Waals surface area contributed by atoms with Gasteiger partial charge >= 0.3 is 0 Å². The maximum atomic E-state index is 6.35. The summed E-state index contributed by atoms with van der Waals surface area (Å²) in [4.78, 5) is 14.9. The molecule has 0 amide bonds. The molecular weight excluding hydrogens is 494 g/mol. The summed E-state index contributed by atoms with van der Waals surface area (Å²) in [6.07, 6.45) is 0. The van der Waals surface area contributed by atoms with E-state index in [1.165, 1.54) is 0 Å². The second-order valence-corrected chi connectivity index (χ2v) is 9.65. The number of aromatic nitrogens is 3. The Balaban J connectivity index is 1.40. The van der Waals surface area contributed by atoms with Gasteiger partial charge in [0.2, 0.25) is 0 Å². The van der Waals surface area contributed by atoms with Crippen molar-refractivity contribution < 1.29 is 8.83 Å². The molecule has 0 fully saturated rings. The minimum Gasteiger partial charge on any atom is -0.455 e. The summed E-state index contributed by atoms with van der Waals surface area (Å²) in [5.74, 6) is 2.13. The standard InChI is InChI=1S/C35H21N3O2/c1-2-11-22(12-3-1)24-14-5-6-16-27(24)33-36-34(38-35(37-33)31-21-23-13-4-8-19-29(23)39-31)28-18-10-17-26-25-15-7-9-20-30(25)40-32(26)28/h1-21H. The van der Waals surface area contributed by atoms with Crippen molar-refractivity contribution in [2.24, 2.45) is 0 Å². The van der Waals surface area contributed by atoms with Crippen LogP contribution in [0, 0.1) is 0 Å². The molecule has 5 aromatic carbocycles. The van der Waals surface area contributed by atoms with Crippen molar-refractivity contribution in [2.45, 2.75) is 0 Å². The summed E-state index contributed by atoms with van der Waals surface area (Å²) >= 11 is 0. The van der Waals surface area contributed by atoms with E-state index in [1.54, 1.807) is 0 Å². The third kappa shape index (κ3) is 3.68. The Kier molecular flexibility index (Phi) is 5.07. The molecule has 5 heteroatoms. The molecular formula is C35H21N3O2. The lowest BCUT2D eigenvalue weighted by Gasteiger charge is -2.11. The first-order chi connectivity index (χ1) is 19.8. The van der Waals surface area contributed by atoms with Crippen LogP contribution < -0.4 is 0 Å². The summed E-state index contributed by atoms with van der Waals surface area (Å²) in [7, 11) is 0. The molecule has 0 saturated heterocycles. The van der Waals surface area contributed by atoms with E-state index in [4.69, 9.17) is 23.8 Å². The summed E-state index contributed by atoms with van der Waals surface area (Å²) in [5.41, 5.74) is 6.19. The highest BCUT2D eigenvalue weighted by Gasteiger charge is 2.20. The number of nitrogens with zero attached hydrogens (tertiary/aromatic N) is 3. The zero-order chi connectivity index (χ0) is 26.5. The zero-order valence-electron chi connectivity index (χ0n) is 21.3. The Morgan fingerprint density at radius 3 is 1.90 bits per heavy atom. The first-order valence-electron chi connectivity index (χ1n) is 13.1. The fraction of sp³-hybridized carbons (Fsp3) is 0. The molecule has 0 atom stereocenters. The number of hydrogen-bond donors (Lipinski definition) is 0. The predicted molar refractivity (Wildman–Crippen MR) is 159 cm³/mol. The lowest BCUT2D eigenvalue weighted by molar-refractivity contribution is 0.624. The summed E-state index contributed by atoms with van der Waals surface area (Å²) < 4.78 is 12.6. The molecule has 3 aromatic heterocycles. The topological polar surface area (TPSA) is 65.0 Å². The van der Waals surface area contributed by atoms with Crippen LogP contribution in [0.2, 0.25) is 0 Å². The molecule has 188 valence electrons. The predicted octanol–water partition coefficient (Wildman–Crippen LogP) is 9.19. The van der Waals surface area contributed by atoms with Crippen molar-refractivity contribution in [1.29, 1.82) is 0 Å². The van der Waals surface area contributed by atoms with Gasteiger partial charge in [0.15, 0.2) is 23.2 Å². The average molecular weight is 516 g/mol. The van der Waals surface area contributed by atoms with Crippen molar-refractivity contribution in [3.05, 3.63) is 127 Å². The molecule has 0 N–H and O–H groups in total. The van der Waals surface area contributed by atoms with Gasteiger partial charge in [0.05, 0.1) is 5.56 Å². The first kappa shape index (κ1) is 22.4. The molecule has 8 aromatic rings. The minimum absolute atomic E-state index is 0.465. The van der Waals surface area contributed by atoms with Crippen molar-refractivity contribution in [3.8, 4) is 45.5 Å². The maximum absolute atomic E-state index is 6.35. The number of furan rings is 2. The summed E-state index contributed by atoms with van der Waals surface area (Å²) in [6.45, 7) is 0. The highest BCUT2D eigenvalue weighted by atomic mass is 16.3. The van der Waals surface area contributed by atoms with E-state index in [0.717, 1.165) is 55.2 Å². The van der Waals surface area contributed by atoms with Gasteiger partial charge in [-0.05, 0) is 35.4 Å². The number of benzene rings is 5. The number of para-hydroxylation sites is 3. The second-order valence-electron chi connectivity index (χ2n) is 9.65. The fourth-order valence-electron chi connectivity index (χ4n) is 5.29. The van der Waals surface area contributed by atoms with Gasteiger partial charge in [-0.15, -0.1) is 0 Å². The van der Waals surface area contributed by atoms with Crippen molar-refractivity contribution >= 4 is 32.9 Å². The van der Waals surface area contributed by atoms with Gasteiger partial charge in [0.1, 0.15) is 16.7 Å². The van der Waals surface area contributed by atoms with Crippen LogP contribution in [0.1, 0.15) is 0 Å². The van der Waals surface area contributed by atoms with Crippen LogP contribution in [-0.2, 0) is 0 Å². The van der Waals surface area contributed by atoms with Crippen molar-refractivity contribution in [2.75, 3.05) is 0 Å². The molecule has 40 heavy (non-hydrogen) atoms. The lowest BCUT2D eigenvalue weighted by Crippen LogP contribution is -2.00. The van der Waals surface area contributed by atoms with Crippen LogP contribution in [0.15, 0.2) is 136 Å². The van der Waals surface area contributed by atoms with Gasteiger partial charge in [-0.2, -0.15) is 0 Å². The molecule has 5 nitrogen and oxygen atoms in total. The lowest BCUT2D eigenvalue weighted by atomic mass is 9.99. The molecule has 0 bridgehead atoms. The molecule has 0 unspecified atom stereocenters. The first-order valence-corrected chi connectivity index (χ1v) is 13.1. The monoisotopic (exact) mass is 515 g/mol. The number of rotatable bonds is 4. The summed E-state index contributed by atoms with van der Waals surface area (Å²) in [5, 5.41) is 3.07. The zero-order valence-corrected chi connectivity index (χ0v) is 21.3. The SMILES string of the molecule is c1ccc(-c2ccccc2-c2nc(-c3cc4ccccc4o3)nc(-c3cccc4c3oc3ccccc34)n2)cc1. The van der Waals surface area contributed by atoms with E-state index < -0.39 is 0 Å². The van der Waals surface area contributed by atoms with Crippen LogP contribution in [0.5, 0.6) is 0 Å². The number of hydrogen-bond acceptors (Lipinski definition) is 5. The average Bonchev–Trinajstić information content (AvgIpc) is 3.63. The Bertz CT molecular complexity index is 2140. The maximum Gasteiger partial charge on any atom is 0.199 e. The van der Waals surface area contributed by atoms with Crippen molar-refractivity contribution in [3.63, 3.8) is 0 Å². The molecule has 0 saturated carbocycles. The summed E-state index contributed by atoms with van der Waals surface area (Å²) in [6, 6.07) is 42.5. The van der Waals surface area contributed by atoms with E-state index in [-0.39, 0.29) is 0 Å². The highest BCUT2D eigenvalue weighted by Crippen LogP contribution is 2.37. The largest absolute Gasteiger partial charge is 0.455 e. The number of fused-ring (bicyclic) bond motifs is 4. The molecule has 3 heterocycles. The molecule has 0 spiro atoms. The molecule has 0 aliphatic heterocycles. The van der Waals surface area contributed by atoms with Crippen LogP contribution in [-0.4, -0.2) is 15.0 Å². The van der Waals surface area contributed by atoms with Crippen LogP contribution in [0.25, 0.3) is 78.4 Å². The van der Waals surface area contributed by atoms with E-state index in [2.05, 4.69) is 30.3 Å². The van der Waals surface area contributed by atoms with E-state index >= 15 is 0 Å². The Morgan fingerprint density at radius 2 is 1.05 bits per heavy atom. The van der Waals surface area contributed by atoms with Gasteiger partial charge in [-0.3, -0.25) is 0 Å². The van der Waals surface area contributed by atoms with Gasteiger partial charge in [0.25, 0.3) is 0 Å². The van der Waals surface area contributed by atoms with Crippen LogP contribution in [0.3, 0.4) is 0 Å². The highest BCUT2D eigenvalue weighted by molar-refractivity contribution is 6.09. The molecule has 0 radical (unpaired) electrons. The van der Waals surface area contributed by atoms with Gasteiger partial charge in [-0.1, -0.05) is 103 Å². The third-order valence-electron chi connectivity index (χ3n) is 7.18. The van der Waals surface area contributed by atoms with E-state index in [9.17, 15) is 0 Å².